The first-order valence-corrected chi connectivity index (χ1v) is 10.1. The van der Waals surface area contributed by atoms with Crippen LogP contribution in [-0.4, -0.2) is 37.1 Å². The van der Waals surface area contributed by atoms with E-state index in [1.807, 2.05) is 31.2 Å². The van der Waals surface area contributed by atoms with Gasteiger partial charge in [0.2, 0.25) is 0 Å². The van der Waals surface area contributed by atoms with Crippen LogP contribution in [0.4, 0.5) is 5.69 Å². The standard InChI is InChI=1S/C20H26N6S/c1-14-15(2)27-19(24-14)12-23-20(22-3)25-17-8-6-10-26(13-17)18-9-5-4-7-16(18)11-21/h4-5,7,9,17H,6,8,10,12-13H2,1-3H3,(H2,22,23,25). The summed E-state index contributed by atoms with van der Waals surface area (Å²) in [6.45, 7) is 6.64. The fraction of sp³-hybridized carbons (Fsp3) is 0.450. The molecule has 142 valence electrons. The molecule has 1 saturated heterocycles. The van der Waals surface area contributed by atoms with Crippen LogP contribution in [0.15, 0.2) is 29.3 Å². The van der Waals surface area contributed by atoms with Gasteiger partial charge in [-0.3, -0.25) is 4.99 Å². The van der Waals surface area contributed by atoms with E-state index in [1.54, 1.807) is 18.4 Å². The molecule has 2 heterocycles. The number of nitriles is 1. The van der Waals surface area contributed by atoms with Crippen LogP contribution in [0.25, 0.3) is 0 Å². The second kappa shape index (κ2) is 8.87. The molecule has 2 N–H and O–H groups in total. The van der Waals surface area contributed by atoms with E-state index in [0.717, 1.165) is 53.8 Å². The van der Waals surface area contributed by atoms with Crippen LogP contribution in [0.3, 0.4) is 0 Å². The highest BCUT2D eigenvalue weighted by Crippen LogP contribution is 2.23. The molecule has 2 aromatic rings. The van der Waals surface area contributed by atoms with Crippen LogP contribution in [0.5, 0.6) is 0 Å². The molecule has 1 aromatic heterocycles. The molecule has 0 aliphatic carbocycles. The minimum Gasteiger partial charge on any atom is -0.368 e. The van der Waals surface area contributed by atoms with E-state index in [-0.39, 0.29) is 6.04 Å². The van der Waals surface area contributed by atoms with Gasteiger partial charge in [-0.25, -0.2) is 4.98 Å². The largest absolute Gasteiger partial charge is 0.368 e. The molecule has 0 saturated carbocycles. The number of aromatic nitrogens is 1. The highest BCUT2D eigenvalue weighted by molar-refractivity contribution is 7.11. The van der Waals surface area contributed by atoms with Crippen LogP contribution < -0.4 is 15.5 Å². The molecule has 0 amide bonds. The molecular formula is C20H26N6S. The van der Waals surface area contributed by atoms with Crippen molar-refractivity contribution in [2.75, 3.05) is 25.0 Å². The highest BCUT2D eigenvalue weighted by atomic mass is 32.1. The summed E-state index contributed by atoms with van der Waals surface area (Å²) in [6, 6.07) is 10.4. The van der Waals surface area contributed by atoms with Crippen molar-refractivity contribution in [3.63, 3.8) is 0 Å². The van der Waals surface area contributed by atoms with E-state index < -0.39 is 0 Å². The molecule has 1 aliphatic heterocycles. The predicted molar refractivity (Wildman–Crippen MR) is 111 cm³/mol. The molecular weight excluding hydrogens is 356 g/mol. The maximum atomic E-state index is 9.37. The number of nitrogens with zero attached hydrogens (tertiary/aromatic N) is 4. The third-order valence-electron chi connectivity index (χ3n) is 4.83. The number of benzene rings is 1. The lowest BCUT2D eigenvalue weighted by Gasteiger charge is -2.35. The van der Waals surface area contributed by atoms with Gasteiger partial charge in [-0.1, -0.05) is 12.1 Å². The summed E-state index contributed by atoms with van der Waals surface area (Å²) in [5.41, 5.74) is 2.84. The number of anilines is 1. The Morgan fingerprint density at radius 2 is 2.22 bits per heavy atom. The summed E-state index contributed by atoms with van der Waals surface area (Å²) in [5, 5.41) is 17.3. The fourth-order valence-corrected chi connectivity index (χ4v) is 4.19. The van der Waals surface area contributed by atoms with Crippen molar-refractivity contribution in [1.82, 2.24) is 15.6 Å². The van der Waals surface area contributed by atoms with E-state index >= 15 is 0 Å². The van der Waals surface area contributed by atoms with Crippen molar-refractivity contribution in [1.29, 1.82) is 5.26 Å². The third kappa shape index (κ3) is 4.77. The number of piperidine rings is 1. The molecule has 1 unspecified atom stereocenters. The first-order valence-electron chi connectivity index (χ1n) is 9.25. The predicted octanol–water partition coefficient (Wildman–Crippen LogP) is 2.97. The zero-order valence-electron chi connectivity index (χ0n) is 16.1. The lowest BCUT2D eigenvalue weighted by Crippen LogP contribution is -2.51. The summed E-state index contributed by atoms with van der Waals surface area (Å²) in [5.74, 6) is 0.793. The Hall–Kier alpha value is -2.59. The zero-order chi connectivity index (χ0) is 19.2. The van der Waals surface area contributed by atoms with Gasteiger partial charge < -0.3 is 15.5 Å². The van der Waals surface area contributed by atoms with Gasteiger partial charge in [0.15, 0.2) is 5.96 Å². The van der Waals surface area contributed by atoms with Crippen molar-refractivity contribution in [3.05, 3.63) is 45.4 Å². The maximum Gasteiger partial charge on any atom is 0.191 e. The average Bonchev–Trinajstić information content (AvgIpc) is 3.02. The zero-order valence-corrected chi connectivity index (χ0v) is 16.9. The van der Waals surface area contributed by atoms with Crippen LogP contribution in [0, 0.1) is 25.2 Å². The summed E-state index contributed by atoms with van der Waals surface area (Å²) < 4.78 is 0. The van der Waals surface area contributed by atoms with Crippen molar-refractivity contribution in [2.45, 2.75) is 39.3 Å². The third-order valence-corrected chi connectivity index (χ3v) is 5.90. The average molecular weight is 383 g/mol. The van der Waals surface area contributed by atoms with E-state index in [1.165, 1.54) is 4.88 Å². The van der Waals surface area contributed by atoms with Gasteiger partial charge in [-0.15, -0.1) is 11.3 Å². The Kier molecular flexibility index (Phi) is 6.30. The van der Waals surface area contributed by atoms with Crippen LogP contribution in [0.2, 0.25) is 0 Å². The van der Waals surface area contributed by atoms with E-state index in [9.17, 15) is 5.26 Å². The van der Waals surface area contributed by atoms with Gasteiger partial charge in [0.05, 0.1) is 23.5 Å². The van der Waals surface area contributed by atoms with Crippen molar-refractivity contribution < 1.29 is 0 Å². The molecule has 27 heavy (non-hydrogen) atoms. The van der Waals surface area contributed by atoms with Crippen LogP contribution >= 0.6 is 11.3 Å². The van der Waals surface area contributed by atoms with Gasteiger partial charge >= 0.3 is 0 Å². The Balaban J connectivity index is 1.59. The summed E-state index contributed by atoms with van der Waals surface area (Å²) in [4.78, 5) is 12.5. The molecule has 1 aliphatic rings. The summed E-state index contributed by atoms with van der Waals surface area (Å²) in [6.07, 6.45) is 2.17. The van der Waals surface area contributed by atoms with Gasteiger partial charge in [0.1, 0.15) is 11.1 Å². The SMILES string of the molecule is CN=C(NCc1nc(C)c(C)s1)NC1CCCN(c2ccccc2C#N)C1. The lowest BCUT2D eigenvalue weighted by atomic mass is 10.0. The minimum atomic E-state index is 0.288. The smallest absolute Gasteiger partial charge is 0.191 e. The number of hydrogen-bond acceptors (Lipinski definition) is 5. The van der Waals surface area contributed by atoms with Crippen molar-refractivity contribution >= 4 is 23.0 Å². The van der Waals surface area contributed by atoms with Gasteiger partial charge in [-0.05, 0) is 38.8 Å². The number of aryl methyl sites for hydroxylation is 2. The fourth-order valence-electron chi connectivity index (χ4n) is 3.32. The van der Waals surface area contributed by atoms with E-state index in [0.29, 0.717) is 6.54 Å². The number of aliphatic imine (C=N–C) groups is 1. The number of para-hydroxylation sites is 1. The molecule has 0 spiro atoms. The van der Waals surface area contributed by atoms with E-state index in [2.05, 4.69) is 38.5 Å². The first-order chi connectivity index (χ1) is 13.1. The highest BCUT2D eigenvalue weighted by Gasteiger charge is 2.22. The molecule has 0 bridgehead atoms. The van der Waals surface area contributed by atoms with Crippen LogP contribution in [-0.2, 0) is 6.54 Å². The maximum absolute atomic E-state index is 9.37. The van der Waals surface area contributed by atoms with Gasteiger partial charge in [-0.2, -0.15) is 5.26 Å². The molecule has 7 heteroatoms. The monoisotopic (exact) mass is 382 g/mol. The molecule has 6 nitrogen and oxygen atoms in total. The number of nitrogens with one attached hydrogen (secondary N) is 2. The second-order valence-electron chi connectivity index (χ2n) is 6.73. The molecule has 1 fully saturated rings. The molecule has 1 aromatic carbocycles. The number of rotatable bonds is 4. The minimum absolute atomic E-state index is 0.288. The second-order valence-corrected chi connectivity index (χ2v) is 8.02. The topological polar surface area (TPSA) is 76.3 Å². The molecule has 3 rings (SSSR count). The normalized spacial score (nSPS) is 17.5. The van der Waals surface area contributed by atoms with Crippen LogP contribution in [0.1, 0.15) is 34.0 Å². The Morgan fingerprint density at radius 3 is 2.93 bits per heavy atom. The number of thiazole rings is 1. The van der Waals surface area contributed by atoms with Crippen molar-refractivity contribution in [3.8, 4) is 6.07 Å². The molecule has 0 radical (unpaired) electrons. The lowest BCUT2D eigenvalue weighted by molar-refractivity contribution is 0.468. The molecule has 1 atom stereocenters. The van der Waals surface area contributed by atoms with E-state index in [4.69, 9.17) is 0 Å². The number of guanidine groups is 1. The van der Waals surface area contributed by atoms with Gasteiger partial charge in [0, 0.05) is 31.1 Å². The first kappa shape index (κ1) is 19.2. The Morgan fingerprint density at radius 1 is 1.41 bits per heavy atom. The number of hydrogen-bond donors (Lipinski definition) is 2. The summed E-state index contributed by atoms with van der Waals surface area (Å²) in [7, 11) is 1.79. The Labute approximate surface area is 165 Å². The quantitative estimate of drug-likeness (QED) is 0.628. The Bertz CT molecular complexity index is 831. The van der Waals surface area contributed by atoms with Crippen molar-refractivity contribution in [2.24, 2.45) is 4.99 Å². The summed E-state index contributed by atoms with van der Waals surface area (Å²) >= 11 is 1.72. The van der Waals surface area contributed by atoms with Gasteiger partial charge in [0.25, 0.3) is 0 Å².